The van der Waals surface area contributed by atoms with Gasteiger partial charge in [0.1, 0.15) is 0 Å². The Morgan fingerprint density at radius 2 is 1.57 bits per heavy atom. The highest BCUT2D eigenvalue weighted by Gasteiger charge is 2.34. The van der Waals surface area contributed by atoms with E-state index in [1.807, 2.05) is 25.4 Å². The van der Waals surface area contributed by atoms with Gasteiger partial charge in [0, 0.05) is 32.4 Å². The van der Waals surface area contributed by atoms with Crippen molar-refractivity contribution in [3.63, 3.8) is 0 Å². The molecular formula is C35H39N3O4. The van der Waals surface area contributed by atoms with Crippen LogP contribution in [0.4, 0.5) is 5.69 Å². The number of aryl methyl sites for hydroxylation is 2. The van der Waals surface area contributed by atoms with Gasteiger partial charge >= 0.3 is 0 Å². The van der Waals surface area contributed by atoms with Gasteiger partial charge in [-0.3, -0.25) is 19.5 Å². The third-order valence-electron chi connectivity index (χ3n) is 7.95. The minimum atomic E-state index is -0.203. The Hall–Kier alpha value is -4.39. The van der Waals surface area contributed by atoms with Crippen LogP contribution in [0.3, 0.4) is 0 Å². The van der Waals surface area contributed by atoms with E-state index < -0.39 is 0 Å². The molecule has 7 heteroatoms. The summed E-state index contributed by atoms with van der Waals surface area (Å²) in [6.07, 6.45) is 7.61. The summed E-state index contributed by atoms with van der Waals surface area (Å²) < 4.78 is 12.2. The summed E-state index contributed by atoms with van der Waals surface area (Å²) >= 11 is 0. The topological polar surface area (TPSA) is 72.0 Å². The summed E-state index contributed by atoms with van der Waals surface area (Å²) in [5.41, 5.74) is 5.27. The highest BCUT2D eigenvalue weighted by atomic mass is 16.5. The van der Waals surface area contributed by atoms with Crippen LogP contribution in [0.25, 0.3) is 10.9 Å². The second kappa shape index (κ2) is 13.5. The lowest BCUT2D eigenvalue weighted by molar-refractivity contribution is 0.0652. The fraction of sp³-hybridized carbons (Fsp3) is 0.343. The van der Waals surface area contributed by atoms with Crippen LogP contribution in [0.5, 0.6) is 11.5 Å². The first kappa shape index (κ1) is 29.1. The normalized spacial score (nSPS) is 12.6. The minimum Gasteiger partial charge on any atom is -0.493 e. The Bertz CT molecular complexity index is 1520. The van der Waals surface area contributed by atoms with E-state index in [0.717, 1.165) is 66.6 Å². The van der Waals surface area contributed by atoms with Crippen LogP contribution in [0.15, 0.2) is 72.9 Å². The van der Waals surface area contributed by atoms with E-state index >= 15 is 0 Å². The Labute approximate surface area is 248 Å². The van der Waals surface area contributed by atoms with Crippen molar-refractivity contribution in [1.29, 1.82) is 0 Å². The predicted molar refractivity (Wildman–Crippen MR) is 167 cm³/mol. The van der Waals surface area contributed by atoms with E-state index in [2.05, 4.69) is 42.2 Å². The van der Waals surface area contributed by atoms with Crippen molar-refractivity contribution in [2.24, 2.45) is 0 Å². The molecule has 0 fully saturated rings. The zero-order valence-electron chi connectivity index (χ0n) is 24.8. The molecule has 0 atom stereocenters. The van der Waals surface area contributed by atoms with Crippen LogP contribution >= 0.6 is 0 Å². The Morgan fingerprint density at radius 1 is 0.857 bits per heavy atom. The summed E-state index contributed by atoms with van der Waals surface area (Å²) in [5, 5.41) is 0.967. The molecule has 0 saturated heterocycles. The standard InChI is InChI=1S/C35H39N3O4/c1-25-19-20-36-32-29(37(2)21-11-12-22-38-34(39)27-17-9-10-18-28(27)35(38)40)24-30(41-3)33(31(25)32)42-23-13-5-8-16-26-14-6-4-7-15-26/h4,6-7,9-10,14-15,17-20,24H,5,8,11-13,16,21-23H2,1-3H3. The molecule has 1 aliphatic heterocycles. The number of nitrogens with zero attached hydrogens (tertiary/aromatic N) is 3. The molecule has 0 unspecified atom stereocenters. The molecule has 42 heavy (non-hydrogen) atoms. The highest BCUT2D eigenvalue weighted by Crippen LogP contribution is 2.42. The molecule has 1 aromatic heterocycles. The maximum absolute atomic E-state index is 12.7. The fourth-order valence-electron chi connectivity index (χ4n) is 5.61. The number of methoxy groups -OCH3 is 1. The van der Waals surface area contributed by atoms with Gasteiger partial charge in [-0.2, -0.15) is 0 Å². The second-order valence-electron chi connectivity index (χ2n) is 10.9. The number of unbranched alkanes of at least 4 members (excludes halogenated alkanes) is 3. The first-order valence-corrected chi connectivity index (χ1v) is 14.8. The van der Waals surface area contributed by atoms with Crippen LogP contribution in [0.2, 0.25) is 0 Å². The average molecular weight is 566 g/mol. The number of ether oxygens (including phenoxy) is 2. The van der Waals surface area contributed by atoms with Crippen molar-refractivity contribution in [3.05, 3.63) is 95.2 Å². The Kier molecular flexibility index (Phi) is 9.37. The number of fused-ring (bicyclic) bond motifs is 2. The zero-order chi connectivity index (χ0) is 29.5. The maximum atomic E-state index is 12.7. The Morgan fingerprint density at radius 3 is 2.29 bits per heavy atom. The van der Waals surface area contributed by atoms with E-state index in [1.54, 1.807) is 31.4 Å². The van der Waals surface area contributed by atoms with Crippen molar-refractivity contribution in [3.8, 4) is 11.5 Å². The first-order chi connectivity index (χ1) is 20.5. The number of anilines is 1. The number of hydrogen-bond donors (Lipinski definition) is 0. The van der Waals surface area contributed by atoms with E-state index in [1.165, 1.54) is 10.5 Å². The molecule has 4 aromatic rings. The molecule has 2 heterocycles. The molecule has 2 amide bonds. The molecule has 3 aromatic carbocycles. The summed E-state index contributed by atoms with van der Waals surface area (Å²) in [5.74, 6) is 1.02. The van der Waals surface area contributed by atoms with Gasteiger partial charge in [0.05, 0.1) is 41.4 Å². The number of carbonyl (C=O) groups excluding carboxylic acids is 2. The van der Waals surface area contributed by atoms with Gasteiger partial charge in [-0.15, -0.1) is 0 Å². The van der Waals surface area contributed by atoms with Gasteiger partial charge < -0.3 is 14.4 Å². The molecule has 218 valence electrons. The third-order valence-corrected chi connectivity index (χ3v) is 7.95. The number of carbonyl (C=O) groups is 2. The van der Waals surface area contributed by atoms with Crippen LogP contribution in [-0.4, -0.2) is 55.6 Å². The van der Waals surface area contributed by atoms with Crippen LogP contribution < -0.4 is 14.4 Å². The van der Waals surface area contributed by atoms with Crippen LogP contribution in [0.1, 0.15) is 63.9 Å². The molecule has 7 nitrogen and oxygen atoms in total. The minimum absolute atomic E-state index is 0.203. The number of pyridine rings is 1. The van der Waals surface area contributed by atoms with E-state index in [9.17, 15) is 9.59 Å². The van der Waals surface area contributed by atoms with Crippen LogP contribution in [-0.2, 0) is 6.42 Å². The smallest absolute Gasteiger partial charge is 0.261 e. The fourth-order valence-corrected chi connectivity index (χ4v) is 5.61. The van der Waals surface area contributed by atoms with Crippen molar-refractivity contribution in [2.75, 3.05) is 38.8 Å². The average Bonchev–Trinajstić information content (AvgIpc) is 3.26. The molecular weight excluding hydrogens is 526 g/mol. The molecule has 0 radical (unpaired) electrons. The predicted octanol–water partition coefficient (Wildman–Crippen LogP) is 6.86. The van der Waals surface area contributed by atoms with Gasteiger partial charge in [-0.05, 0) is 74.8 Å². The van der Waals surface area contributed by atoms with Gasteiger partial charge in [-0.1, -0.05) is 42.5 Å². The van der Waals surface area contributed by atoms with Gasteiger partial charge in [0.15, 0.2) is 11.5 Å². The Balaban J connectivity index is 1.20. The van der Waals surface area contributed by atoms with Crippen molar-refractivity contribution in [2.45, 2.75) is 45.4 Å². The monoisotopic (exact) mass is 565 g/mol. The summed E-state index contributed by atoms with van der Waals surface area (Å²) in [7, 11) is 3.71. The first-order valence-electron chi connectivity index (χ1n) is 14.8. The summed E-state index contributed by atoms with van der Waals surface area (Å²) in [4.78, 5) is 33.6. The largest absolute Gasteiger partial charge is 0.493 e. The molecule has 0 spiro atoms. The number of hydrogen-bond acceptors (Lipinski definition) is 6. The zero-order valence-corrected chi connectivity index (χ0v) is 24.8. The van der Waals surface area contributed by atoms with Gasteiger partial charge in [-0.25, -0.2) is 0 Å². The third kappa shape index (κ3) is 6.25. The molecule has 5 rings (SSSR count). The van der Waals surface area contributed by atoms with Crippen molar-refractivity contribution >= 4 is 28.4 Å². The summed E-state index contributed by atoms with van der Waals surface area (Å²) in [6, 6.07) is 21.6. The lowest BCUT2D eigenvalue weighted by Crippen LogP contribution is -2.31. The molecule has 0 aliphatic carbocycles. The number of rotatable bonds is 14. The van der Waals surface area contributed by atoms with Crippen molar-refractivity contribution < 1.29 is 19.1 Å². The molecule has 1 aliphatic rings. The molecule has 0 bridgehead atoms. The van der Waals surface area contributed by atoms with E-state index in [-0.39, 0.29) is 11.8 Å². The second-order valence-corrected chi connectivity index (χ2v) is 10.9. The van der Waals surface area contributed by atoms with Gasteiger partial charge in [0.2, 0.25) is 0 Å². The number of imide groups is 1. The quantitative estimate of drug-likeness (QED) is 0.123. The van der Waals surface area contributed by atoms with Crippen LogP contribution in [0, 0.1) is 6.92 Å². The summed E-state index contributed by atoms with van der Waals surface area (Å²) in [6.45, 7) is 3.82. The van der Waals surface area contributed by atoms with Crippen molar-refractivity contribution in [1.82, 2.24) is 9.88 Å². The SMILES string of the molecule is COc1cc(N(C)CCCCN2C(=O)c3ccccc3C2=O)c2nccc(C)c2c1OCCCCCc1ccccc1. The number of aromatic nitrogens is 1. The lowest BCUT2D eigenvalue weighted by atomic mass is 10.1. The molecule has 0 saturated carbocycles. The number of amides is 2. The highest BCUT2D eigenvalue weighted by molar-refractivity contribution is 6.21. The van der Waals surface area contributed by atoms with E-state index in [0.29, 0.717) is 36.4 Å². The lowest BCUT2D eigenvalue weighted by Gasteiger charge is -2.24. The maximum Gasteiger partial charge on any atom is 0.261 e. The molecule has 0 N–H and O–H groups in total. The van der Waals surface area contributed by atoms with Gasteiger partial charge in [0.25, 0.3) is 11.8 Å². The number of benzene rings is 3. The van der Waals surface area contributed by atoms with E-state index in [4.69, 9.17) is 14.5 Å².